The molecule has 0 unspecified atom stereocenters. The highest BCUT2D eigenvalue weighted by Gasteiger charge is 2.19. The molecule has 1 fully saturated rings. The zero-order valence-corrected chi connectivity index (χ0v) is 11.1. The van der Waals surface area contributed by atoms with E-state index in [1.165, 1.54) is 30.5 Å². The van der Waals surface area contributed by atoms with E-state index in [1.807, 2.05) is 24.3 Å². The van der Waals surface area contributed by atoms with Crippen LogP contribution in [0.2, 0.25) is 0 Å². The Hall–Kier alpha value is -2.18. The van der Waals surface area contributed by atoms with Crippen LogP contribution in [0.3, 0.4) is 0 Å². The average Bonchev–Trinajstić information content (AvgIpc) is 3.29. The van der Waals surface area contributed by atoms with Gasteiger partial charge in [-0.25, -0.2) is 4.39 Å². The molecule has 3 heteroatoms. The maximum atomic E-state index is 13.5. The predicted octanol–water partition coefficient (Wildman–Crippen LogP) is 3.62. The SMILES string of the molecule is N#Cc1cc(F)cc(-c2cccc(CNC3CC3)c2)c1. The van der Waals surface area contributed by atoms with E-state index in [0.29, 0.717) is 11.6 Å². The molecule has 100 valence electrons. The highest BCUT2D eigenvalue weighted by molar-refractivity contribution is 5.66. The standard InChI is InChI=1S/C17H15FN2/c18-16-8-13(10-19)7-15(9-16)14-3-1-2-12(6-14)11-20-17-4-5-17/h1-3,6-9,17,20H,4-5,11H2. The van der Waals surface area contributed by atoms with Crippen molar-refractivity contribution < 1.29 is 4.39 Å². The van der Waals surface area contributed by atoms with E-state index in [2.05, 4.69) is 11.4 Å². The van der Waals surface area contributed by atoms with Gasteiger partial charge in [0.15, 0.2) is 0 Å². The molecule has 0 atom stereocenters. The second-order valence-electron chi connectivity index (χ2n) is 5.20. The van der Waals surface area contributed by atoms with Gasteiger partial charge in [0.2, 0.25) is 0 Å². The van der Waals surface area contributed by atoms with Gasteiger partial charge in [-0.3, -0.25) is 0 Å². The second kappa shape index (κ2) is 5.44. The Morgan fingerprint density at radius 3 is 2.75 bits per heavy atom. The third-order valence-electron chi connectivity index (χ3n) is 3.46. The summed E-state index contributed by atoms with van der Waals surface area (Å²) in [5, 5.41) is 12.4. The molecule has 1 N–H and O–H groups in total. The lowest BCUT2D eigenvalue weighted by Gasteiger charge is -2.07. The summed E-state index contributed by atoms with van der Waals surface area (Å²) in [5.41, 5.74) is 3.21. The molecule has 0 aliphatic heterocycles. The molecule has 0 aromatic heterocycles. The van der Waals surface area contributed by atoms with Crippen LogP contribution in [-0.2, 0) is 6.54 Å². The van der Waals surface area contributed by atoms with Gasteiger partial charge in [0.05, 0.1) is 11.6 Å². The van der Waals surface area contributed by atoms with Gasteiger partial charge in [-0.1, -0.05) is 18.2 Å². The largest absolute Gasteiger partial charge is 0.310 e. The highest BCUT2D eigenvalue weighted by Crippen LogP contribution is 2.24. The lowest BCUT2D eigenvalue weighted by molar-refractivity contribution is 0.628. The fourth-order valence-corrected chi connectivity index (χ4v) is 2.23. The minimum atomic E-state index is -0.374. The van der Waals surface area contributed by atoms with E-state index in [-0.39, 0.29) is 5.82 Å². The molecule has 1 saturated carbocycles. The zero-order chi connectivity index (χ0) is 13.9. The first-order valence-electron chi connectivity index (χ1n) is 6.78. The molecule has 0 saturated heterocycles. The van der Waals surface area contributed by atoms with Gasteiger partial charge in [0.25, 0.3) is 0 Å². The van der Waals surface area contributed by atoms with E-state index >= 15 is 0 Å². The molecule has 0 amide bonds. The monoisotopic (exact) mass is 266 g/mol. The van der Waals surface area contributed by atoms with Crippen LogP contribution < -0.4 is 5.32 Å². The van der Waals surface area contributed by atoms with Crippen molar-refractivity contribution in [1.29, 1.82) is 5.26 Å². The summed E-state index contributed by atoms with van der Waals surface area (Å²) in [4.78, 5) is 0. The molecule has 2 nitrogen and oxygen atoms in total. The third-order valence-corrected chi connectivity index (χ3v) is 3.46. The molecule has 0 radical (unpaired) electrons. The van der Waals surface area contributed by atoms with Gasteiger partial charge in [0.1, 0.15) is 5.82 Å². The topological polar surface area (TPSA) is 35.8 Å². The first kappa shape index (κ1) is 12.8. The Morgan fingerprint density at radius 1 is 1.15 bits per heavy atom. The van der Waals surface area contributed by atoms with Gasteiger partial charge >= 0.3 is 0 Å². The average molecular weight is 266 g/mol. The van der Waals surface area contributed by atoms with E-state index in [1.54, 1.807) is 6.07 Å². The van der Waals surface area contributed by atoms with Crippen molar-refractivity contribution in [2.75, 3.05) is 0 Å². The Balaban J connectivity index is 1.87. The van der Waals surface area contributed by atoms with Crippen LogP contribution in [0.25, 0.3) is 11.1 Å². The van der Waals surface area contributed by atoms with Crippen molar-refractivity contribution in [3.05, 3.63) is 59.4 Å². The summed E-state index contributed by atoms with van der Waals surface area (Å²) in [7, 11) is 0. The quantitative estimate of drug-likeness (QED) is 0.917. The fourth-order valence-electron chi connectivity index (χ4n) is 2.23. The number of nitrogens with zero attached hydrogens (tertiary/aromatic N) is 1. The summed E-state index contributed by atoms with van der Waals surface area (Å²) >= 11 is 0. The van der Waals surface area contributed by atoms with Gasteiger partial charge in [0, 0.05) is 12.6 Å². The molecular formula is C17H15FN2. The zero-order valence-electron chi connectivity index (χ0n) is 11.1. The summed E-state index contributed by atoms with van der Waals surface area (Å²) in [6, 6.07) is 15.1. The lowest BCUT2D eigenvalue weighted by Crippen LogP contribution is -2.15. The minimum Gasteiger partial charge on any atom is -0.310 e. The number of hydrogen-bond acceptors (Lipinski definition) is 2. The Labute approximate surface area is 117 Å². The fraction of sp³-hybridized carbons (Fsp3) is 0.235. The molecule has 1 aliphatic rings. The van der Waals surface area contributed by atoms with Gasteiger partial charge in [-0.05, 0) is 53.8 Å². The first-order chi connectivity index (χ1) is 9.74. The Kier molecular flexibility index (Phi) is 3.49. The van der Waals surface area contributed by atoms with Crippen LogP contribution in [0.1, 0.15) is 24.0 Å². The Bertz CT molecular complexity index is 669. The molecule has 2 aromatic rings. The maximum absolute atomic E-state index is 13.5. The second-order valence-corrected chi connectivity index (χ2v) is 5.20. The van der Waals surface area contributed by atoms with Crippen molar-refractivity contribution in [2.24, 2.45) is 0 Å². The number of benzene rings is 2. The summed E-state index contributed by atoms with van der Waals surface area (Å²) in [6.45, 7) is 0.832. The number of halogens is 1. The third kappa shape index (κ3) is 3.04. The van der Waals surface area contributed by atoms with Crippen molar-refractivity contribution in [3.63, 3.8) is 0 Å². The van der Waals surface area contributed by atoms with Crippen LogP contribution in [-0.4, -0.2) is 6.04 Å². The first-order valence-corrected chi connectivity index (χ1v) is 6.78. The maximum Gasteiger partial charge on any atom is 0.125 e. The summed E-state index contributed by atoms with van der Waals surface area (Å²) in [6.07, 6.45) is 2.52. The lowest BCUT2D eigenvalue weighted by atomic mass is 10.0. The number of nitriles is 1. The van der Waals surface area contributed by atoms with Crippen LogP contribution in [0.4, 0.5) is 4.39 Å². The van der Waals surface area contributed by atoms with Gasteiger partial charge in [-0.2, -0.15) is 5.26 Å². The molecule has 2 aromatic carbocycles. The highest BCUT2D eigenvalue weighted by atomic mass is 19.1. The predicted molar refractivity (Wildman–Crippen MR) is 76.4 cm³/mol. The van der Waals surface area contributed by atoms with Crippen LogP contribution in [0.15, 0.2) is 42.5 Å². The smallest absolute Gasteiger partial charge is 0.125 e. The van der Waals surface area contributed by atoms with Gasteiger partial charge in [-0.15, -0.1) is 0 Å². The number of hydrogen-bond donors (Lipinski definition) is 1. The Morgan fingerprint density at radius 2 is 2.00 bits per heavy atom. The van der Waals surface area contributed by atoms with Crippen molar-refractivity contribution in [3.8, 4) is 17.2 Å². The minimum absolute atomic E-state index is 0.349. The van der Waals surface area contributed by atoms with E-state index in [0.717, 1.165) is 17.7 Å². The molecule has 0 spiro atoms. The van der Waals surface area contributed by atoms with Crippen LogP contribution in [0.5, 0.6) is 0 Å². The molecule has 1 aliphatic carbocycles. The van der Waals surface area contributed by atoms with E-state index in [9.17, 15) is 4.39 Å². The van der Waals surface area contributed by atoms with Crippen LogP contribution >= 0.6 is 0 Å². The van der Waals surface area contributed by atoms with E-state index < -0.39 is 0 Å². The van der Waals surface area contributed by atoms with Crippen LogP contribution in [0, 0.1) is 17.1 Å². The number of nitrogens with one attached hydrogen (secondary N) is 1. The van der Waals surface area contributed by atoms with Gasteiger partial charge < -0.3 is 5.32 Å². The summed E-state index contributed by atoms with van der Waals surface area (Å²) < 4.78 is 13.5. The van der Waals surface area contributed by atoms with Crippen molar-refractivity contribution in [1.82, 2.24) is 5.32 Å². The molecule has 0 heterocycles. The molecule has 3 rings (SSSR count). The van der Waals surface area contributed by atoms with E-state index in [4.69, 9.17) is 5.26 Å². The molecule has 0 bridgehead atoms. The van der Waals surface area contributed by atoms with Crippen molar-refractivity contribution >= 4 is 0 Å². The molecular weight excluding hydrogens is 251 g/mol. The van der Waals surface area contributed by atoms with Crippen molar-refractivity contribution in [2.45, 2.75) is 25.4 Å². The normalized spacial score (nSPS) is 14.0. The number of rotatable bonds is 4. The molecule has 20 heavy (non-hydrogen) atoms. The summed E-state index contributed by atoms with van der Waals surface area (Å²) in [5.74, 6) is -0.374.